The van der Waals surface area contributed by atoms with Crippen LogP contribution in [0, 0.1) is 6.58 Å². The minimum atomic E-state index is 1.16. The van der Waals surface area contributed by atoms with Crippen LogP contribution >= 0.6 is 0 Å². The first-order valence-electron chi connectivity index (χ1n) is 4.23. The molecule has 0 N–H and O–H groups in total. The zero-order valence-electron chi connectivity index (χ0n) is 8.07. The number of hydrogen-bond acceptors (Lipinski definition) is 1. The standard InChI is InChI=1S/C12H14N/c1-4-5-6-11-7-9-12(10-8-11)13(2)3/h1,4-10H,2-3H3/b4-1?,6-5+. The monoisotopic (exact) mass is 172 g/mol. The number of rotatable bonds is 3. The fourth-order valence-corrected chi connectivity index (χ4v) is 1.05. The fourth-order valence-electron chi connectivity index (χ4n) is 1.05. The van der Waals surface area contributed by atoms with Gasteiger partial charge in [0.25, 0.3) is 0 Å². The Hall–Kier alpha value is -1.50. The number of allylic oxidation sites excluding steroid dienone is 2. The van der Waals surface area contributed by atoms with E-state index in [2.05, 4.69) is 29.2 Å². The summed E-state index contributed by atoms with van der Waals surface area (Å²) < 4.78 is 0. The SMILES string of the molecule is [CH]=C/C=C/c1ccc(N(C)C)cc1. The van der Waals surface area contributed by atoms with Crippen molar-refractivity contribution in [3.63, 3.8) is 0 Å². The van der Waals surface area contributed by atoms with Gasteiger partial charge >= 0.3 is 0 Å². The molecule has 0 saturated carbocycles. The molecule has 0 spiro atoms. The second-order valence-electron chi connectivity index (χ2n) is 3.04. The van der Waals surface area contributed by atoms with Gasteiger partial charge in [0.1, 0.15) is 0 Å². The van der Waals surface area contributed by atoms with E-state index >= 15 is 0 Å². The van der Waals surface area contributed by atoms with Gasteiger partial charge in [0.2, 0.25) is 0 Å². The molecule has 0 aliphatic heterocycles. The number of anilines is 1. The Kier molecular flexibility index (Phi) is 3.32. The van der Waals surface area contributed by atoms with E-state index in [1.54, 1.807) is 0 Å². The van der Waals surface area contributed by atoms with E-state index in [4.69, 9.17) is 6.58 Å². The molecule has 0 amide bonds. The van der Waals surface area contributed by atoms with Crippen LogP contribution in [0.25, 0.3) is 6.08 Å². The van der Waals surface area contributed by atoms with Crippen LogP contribution in [-0.2, 0) is 0 Å². The Morgan fingerprint density at radius 2 is 1.77 bits per heavy atom. The predicted molar refractivity (Wildman–Crippen MR) is 58.7 cm³/mol. The third-order valence-corrected chi connectivity index (χ3v) is 1.81. The molecule has 0 fully saturated rings. The number of benzene rings is 1. The molecule has 67 valence electrons. The van der Waals surface area contributed by atoms with Crippen molar-refractivity contribution in [2.45, 2.75) is 0 Å². The van der Waals surface area contributed by atoms with E-state index < -0.39 is 0 Å². The van der Waals surface area contributed by atoms with Gasteiger partial charge in [0.05, 0.1) is 0 Å². The van der Waals surface area contributed by atoms with Gasteiger partial charge in [-0.15, -0.1) is 0 Å². The second-order valence-corrected chi connectivity index (χ2v) is 3.04. The maximum Gasteiger partial charge on any atom is 0.0361 e. The Morgan fingerprint density at radius 1 is 1.15 bits per heavy atom. The van der Waals surface area contributed by atoms with Crippen LogP contribution in [0.1, 0.15) is 5.56 Å². The summed E-state index contributed by atoms with van der Waals surface area (Å²) in [6.07, 6.45) is 5.32. The van der Waals surface area contributed by atoms with E-state index in [1.165, 1.54) is 11.8 Å². The highest BCUT2D eigenvalue weighted by Gasteiger charge is 1.92. The first-order chi connectivity index (χ1) is 6.24. The smallest absolute Gasteiger partial charge is 0.0361 e. The zero-order valence-corrected chi connectivity index (χ0v) is 8.07. The Bertz CT molecular complexity index is 293. The summed E-state index contributed by atoms with van der Waals surface area (Å²) in [6, 6.07) is 8.29. The lowest BCUT2D eigenvalue weighted by atomic mass is 10.2. The van der Waals surface area contributed by atoms with Crippen molar-refractivity contribution in [1.82, 2.24) is 0 Å². The molecule has 13 heavy (non-hydrogen) atoms. The van der Waals surface area contributed by atoms with Gasteiger partial charge in [-0.3, -0.25) is 0 Å². The zero-order chi connectivity index (χ0) is 9.68. The average Bonchev–Trinajstić information content (AvgIpc) is 2.15. The third-order valence-electron chi connectivity index (χ3n) is 1.81. The molecule has 0 aromatic heterocycles. The highest BCUT2D eigenvalue weighted by atomic mass is 15.1. The molecule has 1 radical (unpaired) electrons. The molecule has 0 saturated heterocycles. The van der Waals surface area contributed by atoms with Gasteiger partial charge in [-0.05, 0) is 17.7 Å². The average molecular weight is 172 g/mol. The normalized spacial score (nSPS) is 10.3. The van der Waals surface area contributed by atoms with E-state index in [0.717, 1.165) is 5.56 Å². The lowest BCUT2D eigenvalue weighted by Crippen LogP contribution is -2.07. The summed E-state index contributed by atoms with van der Waals surface area (Å²) in [5.74, 6) is 0. The molecular formula is C12H14N. The Morgan fingerprint density at radius 3 is 2.23 bits per heavy atom. The summed E-state index contributed by atoms with van der Waals surface area (Å²) in [5.41, 5.74) is 2.36. The van der Waals surface area contributed by atoms with Crippen LogP contribution < -0.4 is 4.90 Å². The minimum absolute atomic E-state index is 1.16. The van der Waals surface area contributed by atoms with Crippen LogP contribution in [0.3, 0.4) is 0 Å². The first-order valence-corrected chi connectivity index (χ1v) is 4.23. The van der Waals surface area contributed by atoms with Crippen molar-refractivity contribution in [2.75, 3.05) is 19.0 Å². The quantitative estimate of drug-likeness (QED) is 0.634. The molecular weight excluding hydrogens is 158 g/mol. The summed E-state index contributed by atoms with van der Waals surface area (Å²) >= 11 is 0. The van der Waals surface area contributed by atoms with Crippen molar-refractivity contribution < 1.29 is 0 Å². The second kappa shape index (κ2) is 4.51. The van der Waals surface area contributed by atoms with Crippen molar-refractivity contribution >= 4 is 11.8 Å². The van der Waals surface area contributed by atoms with Crippen molar-refractivity contribution in [3.8, 4) is 0 Å². The molecule has 0 atom stereocenters. The summed E-state index contributed by atoms with van der Waals surface area (Å²) in [5, 5.41) is 0. The molecule has 1 heteroatoms. The molecule has 1 aromatic rings. The van der Waals surface area contributed by atoms with Gasteiger partial charge < -0.3 is 4.90 Å². The third kappa shape index (κ3) is 2.79. The van der Waals surface area contributed by atoms with Crippen LogP contribution in [-0.4, -0.2) is 14.1 Å². The molecule has 0 aliphatic rings. The summed E-state index contributed by atoms with van der Waals surface area (Å²) in [4.78, 5) is 2.07. The van der Waals surface area contributed by atoms with Gasteiger partial charge in [-0.25, -0.2) is 0 Å². The van der Waals surface area contributed by atoms with Crippen LogP contribution in [0.15, 0.2) is 36.4 Å². The molecule has 1 aromatic carbocycles. The van der Waals surface area contributed by atoms with E-state index in [9.17, 15) is 0 Å². The first kappa shape index (κ1) is 9.59. The summed E-state index contributed by atoms with van der Waals surface area (Å²) in [6.45, 7) is 5.23. The van der Waals surface area contributed by atoms with Gasteiger partial charge in [-0.2, -0.15) is 0 Å². The highest BCUT2D eigenvalue weighted by Crippen LogP contribution is 2.12. The van der Waals surface area contributed by atoms with E-state index in [0.29, 0.717) is 0 Å². The molecule has 0 unspecified atom stereocenters. The molecule has 1 nitrogen and oxygen atoms in total. The van der Waals surface area contributed by atoms with Crippen LogP contribution in [0.5, 0.6) is 0 Å². The highest BCUT2D eigenvalue weighted by molar-refractivity contribution is 5.56. The van der Waals surface area contributed by atoms with Crippen molar-refractivity contribution in [1.29, 1.82) is 0 Å². The molecule has 0 heterocycles. The number of nitrogens with zero attached hydrogens (tertiary/aromatic N) is 1. The van der Waals surface area contributed by atoms with Crippen LogP contribution in [0.2, 0.25) is 0 Å². The topological polar surface area (TPSA) is 3.24 Å². The Labute approximate surface area is 80.0 Å². The predicted octanol–water partition coefficient (Wildman–Crippen LogP) is 2.75. The van der Waals surface area contributed by atoms with Gasteiger partial charge in [-0.1, -0.05) is 36.9 Å². The van der Waals surface area contributed by atoms with Crippen molar-refractivity contribution in [3.05, 3.63) is 48.6 Å². The lowest BCUT2D eigenvalue weighted by Gasteiger charge is -2.11. The van der Waals surface area contributed by atoms with Gasteiger partial charge in [0, 0.05) is 19.8 Å². The van der Waals surface area contributed by atoms with Crippen molar-refractivity contribution in [2.24, 2.45) is 0 Å². The largest absolute Gasteiger partial charge is 0.378 e. The number of hydrogen-bond donors (Lipinski definition) is 0. The maximum absolute atomic E-state index is 5.23. The van der Waals surface area contributed by atoms with Crippen LogP contribution in [0.4, 0.5) is 5.69 Å². The lowest BCUT2D eigenvalue weighted by molar-refractivity contribution is 1.13. The van der Waals surface area contributed by atoms with E-state index in [-0.39, 0.29) is 0 Å². The maximum atomic E-state index is 5.23. The summed E-state index contributed by atoms with van der Waals surface area (Å²) in [7, 11) is 4.05. The molecule has 0 aliphatic carbocycles. The molecule has 0 bridgehead atoms. The Balaban J connectivity index is 2.81. The molecule has 1 rings (SSSR count). The van der Waals surface area contributed by atoms with Gasteiger partial charge in [0.15, 0.2) is 0 Å². The van der Waals surface area contributed by atoms with E-state index in [1.807, 2.05) is 26.2 Å². The minimum Gasteiger partial charge on any atom is -0.378 e. The fraction of sp³-hybridized carbons (Fsp3) is 0.167.